The van der Waals surface area contributed by atoms with Gasteiger partial charge in [-0.05, 0) is 29.2 Å². The smallest absolute Gasteiger partial charge is 0.164 e. The highest BCUT2D eigenvalue weighted by Gasteiger charge is 2.17. The van der Waals surface area contributed by atoms with Gasteiger partial charge in [0, 0.05) is 11.1 Å². The van der Waals surface area contributed by atoms with Gasteiger partial charge in [-0.25, -0.2) is 0 Å². The lowest BCUT2D eigenvalue weighted by molar-refractivity contribution is 0.811. The van der Waals surface area contributed by atoms with Gasteiger partial charge in [0.1, 0.15) is 0 Å². The predicted octanol–water partition coefficient (Wildman–Crippen LogP) is 6.64. The Labute approximate surface area is 182 Å². The van der Waals surface area contributed by atoms with Gasteiger partial charge in [-0.15, -0.1) is 10.2 Å². The van der Waals surface area contributed by atoms with E-state index in [2.05, 4.69) is 119 Å². The molecule has 1 heterocycles. The molecule has 0 saturated heterocycles. The molecule has 0 atom stereocenters. The summed E-state index contributed by atoms with van der Waals surface area (Å²) in [4.78, 5) is 0. The molecule has 5 rings (SSSR count). The Morgan fingerprint density at radius 2 is 1.10 bits per heavy atom. The normalized spacial score (nSPS) is 10.9. The largest absolute Gasteiger partial charge is 0.303 e. The summed E-state index contributed by atoms with van der Waals surface area (Å²) in [7, 11) is 0. The van der Waals surface area contributed by atoms with Gasteiger partial charge in [0.05, 0.1) is 6.54 Å². The molecule has 31 heavy (non-hydrogen) atoms. The van der Waals surface area contributed by atoms with E-state index in [1.165, 1.54) is 22.3 Å². The second-order valence-electron chi connectivity index (χ2n) is 7.68. The number of benzene rings is 4. The summed E-state index contributed by atoms with van der Waals surface area (Å²) in [6, 6.07) is 37.8. The van der Waals surface area contributed by atoms with Crippen LogP contribution in [0.4, 0.5) is 0 Å². The van der Waals surface area contributed by atoms with Crippen molar-refractivity contribution in [1.82, 2.24) is 14.8 Å². The molecular weight excluding hydrogens is 378 g/mol. The van der Waals surface area contributed by atoms with E-state index in [9.17, 15) is 0 Å². The van der Waals surface area contributed by atoms with Crippen molar-refractivity contribution in [2.24, 2.45) is 0 Å². The molecule has 0 aliphatic heterocycles. The van der Waals surface area contributed by atoms with Crippen LogP contribution in [0.15, 0.2) is 109 Å². The van der Waals surface area contributed by atoms with Gasteiger partial charge in [-0.3, -0.25) is 0 Å². The van der Waals surface area contributed by atoms with E-state index in [0.29, 0.717) is 6.54 Å². The Morgan fingerprint density at radius 1 is 0.548 bits per heavy atom. The Balaban J connectivity index is 1.59. The highest BCUT2D eigenvalue weighted by Crippen LogP contribution is 2.29. The fourth-order valence-electron chi connectivity index (χ4n) is 3.90. The molecule has 0 spiro atoms. The maximum absolute atomic E-state index is 4.62. The third-order valence-corrected chi connectivity index (χ3v) is 5.57. The van der Waals surface area contributed by atoms with Crippen LogP contribution in [0.1, 0.15) is 11.1 Å². The van der Waals surface area contributed by atoms with Crippen LogP contribution >= 0.6 is 0 Å². The summed E-state index contributed by atoms with van der Waals surface area (Å²) in [5.41, 5.74) is 6.98. The minimum atomic E-state index is 0.716. The molecule has 0 aliphatic rings. The van der Waals surface area contributed by atoms with Gasteiger partial charge in [-0.2, -0.15) is 0 Å². The third-order valence-electron chi connectivity index (χ3n) is 5.57. The lowest BCUT2D eigenvalue weighted by atomic mass is 10.0. The standard InChI is InChI=1S/C28H23N3/c1-21-10-8-9-15-26(21)28-30-29-27(31(28)20-22-11-4-2-5-12-22)25-18-16-24(17-19-25)23-13-6-3-7-14-23/h2-19H,20H2,1H3. The molecule has 5 aromatic rings. The number of aromatic nitrogens is 3. The molecule has 0 aliphatic carbocycles. The summed E-state index contributed by atoms with van der Waals surface area (Å²) >= 11 is 0. The molecule has 0 fully saturated rings. The average Bonchev–Trinajstić information content (AvgIpc) is 3.24. The first-order valence-corrected chi connectivity index (χ1v) is 10.5. The van der Waals surface area contributed by atoms with Crippen LogP contribution < -0.4 is 0 Å². The highest BCUT2D eigenvalue weighted by molar-refractivity contribution is 5.69. The number of aryl methyl sites for hydroxylation is 1. The topological polar surface area (TPSA) is 30.7 Å². The van der Waals surface area contributed by atoms with Crippen LogP contribution in [0.3, 0.4) is 0 Å². The molecule has 0 bridgehead atoms. The lowest BCUT2D eigenvalue weighted by Crippen LogP contribution is -2.05. The Morgan fingerprint density at radius 3 is 1.81 bits per heavy atom. The molecule has 0 N–H and O–H groups in total. The van der Waals surface area contributed by atoms with Gasteiger partial charge < -0.3 is 4.57 Å². The first-order valence-electron chi connectivity index (χ1n) is 10.5. The number of nitrogens with zero attached hydrogens (tertiary/aromatic N) is 3. The average molecular weight is 402 g/mol. The fourth-order valence-corrected chi connectivity index (χ4v) is 3.90. The predicted molar refractivity (Wildman–Crippen MR) is 127 cm³/mol. The molecule has 150 valence electrons. The summed E-state index contributed by atoms with van der Waals surface area (Å²) in [6.07, 6.45) is 0. The Kier molecular flexibility index (Phi) is 5.16. The number of rotatable bonds is 5. The highest BCUT2D eigenvalue weighted by atomic mass is 15.3. The molecule has 0 saturated carbocycles. The third kappa shape index (κ3) is 3.90. The first kappa shape index (κ1) is 19.0. The summed E-state index contributed by atoms with van der Waals surface area (Å²) in [6.45, 7) is 2.83. The van der Waals surface area contributed by atoms with E-state index in [-0.39, 0.29) is 0 Å². The van der Waals surface area contributed by atoms with Gasteiger partial charge in [0.15, 0.2) is 11.6 Å². The molecule has 4 aromatic carbocycles. The zero-order valence-corrected chi connectivity index (χ0v) is 17.4. The molecule has 0 radical (unpaired) electrons. The van der Waals surface area contributed by atoms with Gasteiger partial charge in [0.25, 0.3) is 0 Å². The Bertz CT molecular complexity index is 1290. The fraction of sp³-hybridized carbons (Fsp3) is 0.0714. The van der Waals surface area contributed by atoms with Crippen molar-refractivity contribution in [1.29, 1.82) is 0 Å². The van der Waals surface area contributed by atoms with Crippen LogP contribution in [0.2, 0.25) is 0 Å². The SMILES string of the molecule is Cc1ccccc1-c1nnc(-c2ccc(-c3ccccc3)cc2)n1Cc1ccccc1. The second-order valence-corrected chi connectivity index (χ2v) is 7.68. The summed E-state index contributed by atoms with van der Waals surface area (Å²) in [5.74, 6) is 1.77. The van der Waals surface area contributed by atoms with Crippen molar-refractivity contribution in [3.63, 3.8) is 0 Å². The zero-order valence-electron chi connectivity index (χ0n) is 17.4. The van der Waals surface area contributed by atoms with Crippen LogP contribution in [-0.4, -0.2) is 14.8 Å². The quantitative estimate of drug-likeness (QED) is 0.331. The van der Waals surface area contributed by atoms with Gasteiger partial charge in [-0.1, -0.05) is 109 Å². The molecular formula is C28H23N3. The van der Waals surface area contributed by atoms with Crippen LogP contribution in [0.5, 0.6) is 0 Å². The van der Waals surface area contributed by atoms with E-state index < -0.39 is 0 Å². The number of hydrogen-bond donors (Lipinski definition) is 0. The molecule has 3 nitrogen and oxygen atoms in total. The number of hydrogen-bond acceptors (Lipinski definition) is 2. The molecule has 1 aromatic heterocycles. The van der Waals surface area contributed by atoms with Crippen molar-refractivity contribution in [3.05, 3.63) is 120 Å². The van der Waals surface area contributed by atoms with Crippen molar-refractivity contribution in [3.8, 4) is 33.9 Å². The van der Waals surface area contributed by atoms with Crippen LogP contribution in [-0.2, 0) is 6.54 Å². The van der Waals surface area contributed by atoms with Crippen LogP contribution in [0, 0.1) is 6.92 Å². The van der Waals surface area contributed by atoms with E-state index in [0.717, 1.165) is 22.8 Å². The minimum Gasteiger partial charge on any atom is -0.303 e. The van der Waals surface area contributed by atoms with Crippen molar-refractivity contribution in [2.75, 3.05) is 0 Å². The monoisotopic (exact) mass is 401 g/mol. The summed E-state index contributed by atoms with van der Waals surface area (Å²) in [5, 5.41) is 9.23. The molecule has 0 unspecified atom stereocenters. The van der Waals surface area contributed by atoms with Gasteiger partial charge >= 0.3 is 0 Å². The first-order chi connectivity index (χ1) is 15.3. The van der Waals surface area contributed by atoms with Gasteiger partial charge in [0.2, 0.25) is 0 Å². The molecule has 0 amide bonds. The second kappa shape index (κ2) is 8.41. The maximum atomic E-state index is 4.62. The van der Waals surface area contributed by atoms with E-state index in [1.807, 2.05) is 12.1 Å². The van der Waals surface area contributed by atoms with Crippen molar-refractivity contribution < 1.29 is 0 Å². The van der Waals surface area contributed by atoms with E-state index >= 15 is 0 Å². The zero-order chi connectivity index (χ0) is 21.0. The minimum absolute atomic E-state index is 0.716. The Hall–Kier alpha value is -3.98. The van der Waals surface area contributed by atoms with E-state index in [4.69, 9.17) is 0 Å². The summed E-state index contributed by atoms with van der Waals surface area (Å²) < 4.78 is 2.22. The van der Waals surface area contributed by atoms with Crippen molar-refractivity contribution in [2.45, 2.75) is 13.5 Å². The maximum Gasteiger partial charge on any atom is 0.164 e. The lowest BCUT2D eigenvalue weighted by Gasteiger charge is -2.12. The molecule has 3 heteroatoms. The van der Waals surface area contributed by atoms with Crippen LogP contribution in [0.25, 0.3) is 33.9 Å². The van der Waals surface area contributed by atoms with E-state index in [1.54, 1.807) is 0 Å². The van der Waals surface area contributed by atoms with Crippen molar-refractivity contribution >= 4 is 0 Å².